The van der Waals surface area contributed by atoms with Crippen LogP contribution in [0.2, 0.25) is 0 Å². The minimum absolute atomic E-state index is 0.0788. The van der Waals surface area contributed by atoms with Gasteiger partial charge in [0.1, 0.15) is 0 Å². The summed E-state index contributed by atoms with van der Waals surface area (Å²) in [5, 5.41) is 9.00. The van der Waals surface area contributed by atoms with Crippen LogP contribution in [0, 0.1) is 0 Å². The van der Waals surface area contributed by atoms with E-state index in [1.807, 2.05) is 6.08 Å². The van der Waals surface area contributed by atoms with Crippen LogP contribution in [0.4, 0.5) is 0 Å². The molecule has 138 valence electrons. The maximum absolute atomic E-state index is 9.00. The van der Waals surface area contributed by atoms with Crippen molar-refractivity contribution >= 4 is 6.08 Å². The van der Waals surface area contributed by atoms with E-state index in [2.05, 4.69) is 77.1 Å². The molecular formula is C25H32O. The van der Waals surface area contributed by atoms with E-state index in [9.17, 15) is 0 Å². The Kier molecular flexibility index (Phi) is 5.12. The van der Waals surface area contributed by atoms with Crippen molar-refractivity contribution in [1.29, 1.82) is 0 Å². The van der Waals surface area contributed by atoms with Crippen molar-refractivity contribution in [1.82, 2.24) is 0 Å². The molecule has 1 unspecified atom stereocenters. The van der Waals surface area contributed by atoms with Crippen LogP contribution in [0.15, 0.2) is 48.5 Å². The third-order valence-electron chi connectivity index (χ3n) is 6.20. The molecule has 26 heavy (non-hydrogen) atoms. The zero-order chi connectivity index (χ0) is 18.9. The van der Waals surface area contributed by atoms with Crippen molar-refractivity contribution in [3.63, 3.8) is 0 Å². The van der Waals surface area contributed by atoms with E-state index in [0.29, 0.717) is 5.92 Å². The first-order valence-electron chi connectivity index (χ1n) is 9.77. The number of rotatable bonds is 4. The van der Waals surface area contributed by atoms with Crippen molar-refractivity contribution in [2.45, 2.75) is 64.2 Å². The van der Waals surface area contributed by atoms with Gasteiger partial charge in [-0.3, -0.25) is 0 Å². The Morgan fingerprint density at radius 2 is 1.58 bits per heavy atom. The van der Waals surface area contributed by atoms with Gasteiger partial charge in [-0.25, -0.2) is 0 Å². The van der Waals surface area contributed by atoms with Gasteiger partial charge < -0.3 is 5.11 Å². The zero-order valence-electron chi connectivity index (χ0n) is 16.8. The summed E-state index contributed by atoms with van der Waals surface area (Å²) in [5.41, 5.74) is 7.39. The Labute approximate surface area is 158 Å². The van der Waals surface area contributed by atoms with Gasteiger partial charge in [-0.2, -0.15) is 0 Å². The summed E-state index contributed by atoms with van der Waals surface area (Å²) in [6.07, 6.45) is 6.26. The number of hydrogen-bond acceptors (Lipinski definition) is 1. The fraction of sp³-hybridized carbons (Fsp3) is 0.440. The van der Waals surface area contributed by atoms with Crippen molar-refractivity contribution in [3.8, 4) is 0 Å². The van der Waals surface area contributed by atoms with Gasteiger partial charge >= 0.3 is 0 Å². The molecule has 1 aliphatic rings. The summed E-state index contributed by atoms with van der Waals surface area (Å²) in [6, 6.07) is 15.8. The molecule has 0 radical (unpaired) electrons. The Morgan fingerprint density at radius 1 is 0.923 bits per heavy atom. The van der Waals surface area contributed by atoms with E-state index in [1.54, 1.807) is 6.08 Å². The molecule has 3 rings (SSSR count). The highest BCUT2D eigenvalue weighted by molar-refractivity contribution is 5.52. The van der Waals surface area contributed by atoms with Crippen LogP contribution >= 0.6 is 0 Å². The second kappa shape index (κ2) is 7.04. The highest BCUT2D eigenvalue weighted by atomic mass is 16.2. The normalized spacial score (nSPS) is 19.3. The van der Waals surface area contributed by atoms with Gasteiger partial charge in [-0.05, 0) is 51.5 Å². The predicted octanol–water partition coefficient (Wildman–Crippen LogP) is 6.19. The summed E-state index contributed by atoms with van der Waals surface area (Å²) in [4.78, 5) is 0. The van der Waals surface area contributed by atoms with Crippen LogP contribution in [-0.4, -0.2) is 11.7 Å². The van der Waals surface area contributed by atoms with E-state index >= 15 is 0 Å². The van der Waals surface area contributed by atoms with Crippen molar-refractivity contribution in [2.24, 2.45) is 0 Å². The minimum Gasteiger partial charge on any atom is -0.392 e. The number of aliphatic hydroxyl groups excluding tert-OH is 1. The molecule has 0 fully saturated rings. The first kappa shape index (κ1) is 18.9. The lowest BCUT2D eigenvalue weighted by Crippen LogP contribution is -2.34. The highest BCUT2D eigenvalue weighted by Gasteiger charge is 2.37. The molecule has 0 bridgehead atoms. The van der Waals surface area contributed by atoms with E-state index in [-0.39, 0.29) is 17.4 Å². The molecule has 0 saturated heterocycles. The van der Waals surface area contributed by atoms with Crippen molar-refractivity contribution in [3.05, 3.63) is 76.4 Å². The van der Waals surface area contributed by atoms with Gasteiger partial charge in [0.05, 0.1) is 6.61 Å². The Morgan fingerprint density at radius 3 is 2.27 bits per heavy atom. The van der Waals surface area contributed by atoms with E-state index in [0.717, 1.165) is 5.56 Å². The molecule has 0 heterocycles. The molecule has 1 nitrogen and oxygen atoms in total. The number of benzene rings is 2. The van der Waals surface area contributed by atoms with Gasteiger partial charge in [0.15, 0.2) is 0 Å². The molecule has 2 aromatic rings. The molecule has 1 heteroatoms. The van der Waals surface area contributed by atoms with Crippen LogP contribution in [0.1, 0.15) is 81.2 Å². The maximum Gasteiger partial charge on any atom is 0.0615 e. The fourth-order valence-electron chi connectivity index (χ4n) is 4.19. The van der Waals surface area contributed by atoms with Crippen molar-refractivity contribution < 1.29 is 5.11 Å². The molecule has 0 spiro atoms. The smallest absolute Gasteiger partial charge is 0.0615 e. The molecule has 1 atom stereocenters. The number of fused-ring (bicyclic) bond motifs is 1. The first-order valence-corrected chi connectivity index (χ1v) is 9.77. The van der Waals surface area contributed by atoms with E-state index < -0.39 is 0 Å². The van der Waals surface area contributed by atoms with Crippen LogP contribution in [0.3, 0.4) is 0 Å². The fourth-order valence-corrected chi connectivity index (χ4v) is 4.19. The second-order valence-corrected chi connectivity index (χ2v) is 9.05. The zero-order valence-corrected chi connectivity index (χ0v) is 16.8. The standard InChI is InChI=1S/C25H32O/c1-18(20-10-6-8-19(16-20)9-7-15-26)21-11-12-22-23(17-21)25(4,5)14-13-24(22,2)3/h6-12,16-18,26H,13-15H2,1-5H3. The molecule has 1 aliphatic carbocycles. The third kappa shape index (κ3) is 3.64. The monoisotopic (exact) mass is 348 g/mol. The van der Waals surface area contributed by atoms with Crippen LogP contribution in [-0.2, 0) is 10.8 Å². The molecule has 2 aromatic carbocycles. The van der Waals surface area contributed by atoms with Crippen LogP contribution in [0.5, 0.6) is 0 Å². The maximum atomic E-state index is 9.00. The molecule has 0 aromatic heterocycles. The molecule has 0 saturated carbocycles. The second-order valence-electron chi connectivity index (χ2n) is 9.05. The SMILES string of the molecule is CC(c1cccc(C=CCO)c1)c1ccc2c(c1)C(C)(C)CCC2(C)C. The quantitative estimate of drug-likeness (QED) is 0.698. The van der Waals surface area contributed by atoms with Crippen LogP contribution < -0.4 is 0 Å². The summed E-state index contributed by atoms with van der Waals surface area (Å²) < 4.78 is 0. The summed E-state index contributed by atoms with van der Waals surface area (Å²) >= 11 is 0. The highest BCUT2D eigenvalue weighted by Crippen LogP contribution is 2.46. The molecule has 0 amide bonds. The Hall–Kier alpha value is -1.86. The lowest BCUT2D eigenvalue weighted by Gasteiger charge is -2.42. The lowest BCUT2D eigenvalue weighted by atomic mass is 9.62. The minimum atomic E-state index is 0.0788. The van der Waals surface area contributed by atoms with Gasteiger partial charge in [0.25, 0.3) is 0 Å². The first-order chi connectivity index (χ1) is 12.2. The Balaban J connectivity index is 1.99. The van der Waals surface area contributed by atoms with Gasteiger partial charge in [0, 0.05) is 5.92 Å². The van der Waals surface area contributed by atoms with E-state index in [4.69, 9.17) is 5.11 Å². The molecule has 1 N–H and O–H groups in total. The average molecular weight is 349 g/mol. The Bertz CT molecular complexity index is 811. The van der Waals surface area contributed by atoms with Gasteiger partial charge in [-0.15, -0.1) is 0 Å². The predicted molar refractivity (Wildman–Crippen MR) is 112 cm³/mol. The van der Waals surface area contributed by atoms with Gasteiger partial charge in [-0.1, -0.05) is 89.2 Å². The molecular weight excluding hydrogens is 316 g/mol. The number of hydrogen-bond donors (Lipinski definition) is 1. The summed E-state index contributed by atoms with van der Waals surface area (Å²) in [6.45, 7) is 11.9. The summed E-state index contributed by atoms with van der Waals surface area (Å²) in [5.74, 6) is 0.351. The van der Waals surface area contributed by atoms with Crippen LogP contribution in [0.25, 0.3) is 6.08 Å². The van der Waals surface area contributed by atoms with Crippen molar-refractivity contribution in [2.75, 3.05) is 6.61 Å². The average Bonchev–Trinajstić information content (AvgIpc) is 2.63. The van der Waals surface area contributed by atoms with Gasteiger partial charge in [0.2, 0.25) is 0 Å². The molecule has 0 aliphatic heterocycles. The summed E-state index contributed by atoms with van der Waals surface area (Å²) in [7, 11) is 0. The third-order valence-corrected chi connectivity index (χ3v) is 6.20. The lowest BCUT2D eigenvalue weighted by molar-refractivity contribution is 0.331. The number of aliphatic hydroxyl groups is 1. The largest absolute Gasteiger partial charge is 0.392 e. The topological polar surface area (TPSA) is 20.2 Å². The van der Waals surface area contributed by atoms with E-state index in [1.165, 1.54) is 35.1 Å².